The first kappa shape index (κ1) is 19.8. The lowest BCUT2D eigenvalue weighted by atomic mass is 9.96. The van der Waals surface area contributed by atoms with Gasteiger partial charge in [0, 0.05) is 51.9 Å². The Labute approximate surface area is 159 Å². The number of piperidine rings is 1. The molecule has 1 atom stereocenters. The molecule has 2 fully saturated rings. The molecule has 1 unspecified atom stereocenters. The molecule has 2 aliphatic heterocycles. The molecule has 0 bridgehead atoms. The van der Waals surface area contributed by atoms with Crippen LogP contribution in [0.3, 0.4) is 0 Å². The molecule has 1 aromatic rings. The maximum atomic E-state index is 9.11. The van der Waals surface area contributed by atoms with Crippen LogP contribution < -0.4 is 0 Å². The number of aliphatic hydroxyl groups excluding tert-OH is 1. The Morgan fingerprint density at radius 2 is 1.58 bits per heavy atom. The van der Waals surface area contributed by atoms with E-state index in [0.717, 1.165) is 45.8 Å². The molecule has 0 spiro atoms. The highest BCUT2D eigenvalue weighted by atomic mass is 16.3. The van der Waals surface area contributed by atoms with E-state index < -0.39 is 0 Å². The quantitative estimate of drug-likeness (QED) is 0.846. The number of nitrogens with zero attached hydrogens (tertiary/aromatic N) is 3. The van der Waals surface area contributed by atoms with Crippen molar-refractivity contribution in [3.8, 4) is 0 Å². The lowest BCUT2D eigenvalue weighted by Crippen LogP contribution is -2.46. The van der Waals surface area contributed by atoms with Gasteiger partial charge in [0.05, 0.1) is 6.61 Å². The third-order valence-corrected chi connectivity index (χ3v) is 6.36. The molecule has 0 aromatic heterocycles. The van der Waals surface area contributed by atoms with E-state index in [4.69, 9.17) is 5.11 Å². The summed E-state index contributed by atoms with van der Waals surface area (Å²) >= 11 is 0. The first-order chi connectivity index (χ1) is 12.6. The van der Waals surface area contributed by atoms with Crippen molar-refractivity contribution < 1.29 is 5.11 Å². The molecule has 2 heterocycles. The number of rotatable bonds is 6. The highest BCUT2D eigenvalue weighted by molar-refractivity contribution is 5.38. The number of hydrogen-bond acceptors (Lipinski definition) is 4. The summed E-state index contributed by atoms with van der Waals surface area (Å²) in [7, 11) is 0. The first-order valence-electron chi connectivity index (χ1n) is 10.5. The summed E-state index contributed by atoms with van der Waals surface area (Å²) in [6.45, 7) is 15.8. The molecular weight excluding hydrogens is 322 g/mol. The molecule has 4 heteroatoms. The van der Waals surface area contributed by atoms with Crippen LogP contribution in [0, 0.1) is 13.8 Å². The van der Waals surface area contributed by atoms with Gasteiger partial charge in [-0.2, -0.15) is 0 Å². The zero-order chi connectivity index (χ0) is 18.5. The minimum Gasteiger partial charge on any atom is -0.395 e. The SMILES string of the molecule is Cc1cc(CN2CCN(CCO)CC2)c(C)c(CN2CCCCC2C)c1. The van der Waals surface area contributed by atoms with Crippen LogP contribution in [0.15, 0.2) is 12.1 Å². The Morgan fingerprint density at radius 3 is 2.23 bits per heavy atom. The summed E-state index contributed by atoms with van der Waals surface area (Å²) in [6, 6.07) is 5.50. The zero-order valence-corrected chi connectivity index (χ0v) is 17.0. The van der Waals surface area contributed by atoms with Crippen molar-refractivity contribution in [3.63, 3.8) is 0 Å². The van der Waals surface area contributed by atoms with Gasteiger partial charge < -0.3 is 5.11 Å². The highest BCUT2D eigenvalue weighted by Crippen LogP contribution is 2.24. The van der Waals surface area contributed by atoms with E-state index in [1.165, 1.54) is 48.1 Å². The van der Waals surface area contributed by atoms with E-state index in [1.807, 2.05) is 0 Å². The number of benzene rings is 1. The van der Waals surface area contributed by atoms with Gasteiger partial charge >= 0.3 is 0 Å². The normalized spacial score (nSPS) is 23.5. The van der Waals surface area contributed by atoms with Crippen LogP contribution in [0.4, 0.5) is 0 Å². The number of aryl methyl sites for hydroxylation is 1. The Morgan fingerprint density at radius 1 is 0.923 bits per heavy atom. The Balaban J connectivity index is 1.65. The summed E-state index contributed by atoms with van der Waals surface area (Å²) in [6.07, 6.45) is 4.08. The van der Waals surface area contributed by atoms with E-state index in [9.17, 15) is 0 Å². The van der Waals surface area contributed by atoms with E-state index in [-0.39, 0.29) is 6.61 Å². The van der Waals surface area contributed by atoms with Crippen molar-refractivity contribution in [2.45, 2.75) is 59.2 Å². The number of β-amino-alcohol motifs (C(OH)–C–C–N with tert-alkyl or cyclic N) is 1. The smallest absolute Gasteiger partial charge is 0.0558 e. The van der Waals surface area contributed by atoms with Crippen LogP contribution in [0.2, 0.25) is 0 Å². The van der Waals surface area contributed by atoms with Crippen LogP contribution >= 0.6 is 0 Å². The van der Waals surface area contributed by atoms with E-state index in [0.29, 0.717) is 6.04 Å². The first-order valence-corrected chi connectivity index (χ1v) is 10.5. The molecule has 3 rings (SSSR count). The molecule has 2 aliphatic rings. The predicted octanol–water partition coefficient (Wildman–Crippen LogP) is 2.79. The van der Waals surface area contributed by atoms with Crippen molar-refractivity contribution in [1.82, 2.24) is 14.7 Å². The average molecular weight is 360 g/mol. The fraction of sp³-hybridized carbons (Fsp3) is 0.727. The average Bonchev–Trinajstić information content (AvgIpc) is 2.63. The van der Waals surface area contributed by atoms with Crippen LogP contribution in [0.5, 0.6) is 0 Å². The van der Waals surface area contributed by atoms with Crippen LogP contribution in [-0.4, -0.2) is 71.7 Å². The van der Waals surface area contributed by atoms with Gasteiger partial charge in [0.1, 0.15) is 0 Å². The second-order valence-corrected chi connectivity index (χ2v) is 8.36. The molecule has 0 saturated carbocycles. The van der Waals surface area contributed by atoms with Gasteiger partial charge in [-0.1, -0.05) is 24.1 Å². The monoisotopic (exact) mass is 359 g/mol. The Bertz CT molecular complexity index is 581. The van der Waals surface area contributed by atoms with Crippen molar-refractivity contribution >= 4 is 0 Å². The number of hydrogen-bond donors (Lipinski definition) is 1. The van der Waals surface area contributed by atoms with E-state index in [1.54, 1.807) is 0 Å². The van der Waals surface area contributed by atoms with E-state index >= 15 is 0 Å². The fourth-order valence-corrected chi connectivity index (χ4v) is 4.51. The second-order valence-electron chi connectivity index (χ2n) is 8.36. The summed E-state index contributed by atoms with van der Waals surface area (Å²) in [5, 5.41) is 9.11. The third kappa shape index (κ3) is 5.07. The van der Waals surface area contributed by atoms with Crippen molar-refractivity contribution in [2.75, 3.05) is 45.9 Å². The molecule has 4 nitrogen and oxygen atoms in total. The standard InChI is InChI=1S/C22H37N3O/c1-18-14-21(16-24-10-8-23(9-11-24)12-13-26)20(3)22(15-18)17-25-7-5-4-6-19(25)2/h14-15,19,26H,4-13,16-17H2,1-3H3. The third-order valence-electron chi connectivity index (χ3n) is 6.36. The maximum absolute atomic E-state index is 9.11. The van der Waals surface area contributed by atoms with Crippen LogP contribution in [0.1, 0.15) is 48.4 Å². The van der Waals surface area contributed by atoms with Gasteiger partial charge in [-0.05, 0) is 56.8 Å². The molecular formula is C22H37N3O. The van der Waals surface area contributed by atoms with Crippen LogP contribution in [0.25, 0.3) is 0 Å². The highest BCUT2D eigenvalue weighted by Gasteiger charge is 2.21. The molecule has 1 N–H and O–H groups in total. The minimum absolute atomic E-state index is 0.273. The van der Waals surface area contributed by atoms with Gasteiger partial charge in [0.2, 0.25) is 0 Å². The van der Waals surface area contributed by atoms with Gasteiger partial charge in [-0.3, -0.25) is 14.7 Å². The van der Waals surface area contributed by atoms with Crippen molar-refractivity contribution in [2.24, 2.45) is 0 Å². The zero-order valence-electron chi connectivity index (χ0n) is 17.0. The largest absolute Gasteiger partial charge is 0.395 e. The maximum Gasteiger partial charge on any atom is 0.0558 e. The fourth-order valence-electron chi connectivity index (χ4n) is 4.51. The van der Waals surface area contributed by atoms with Crippen molar-refractivity contribution in [3.05, 3.63) is 34.4 Å². The number of piperazine rings is 1. The lowest BCUT2D eigenvalue weighted by Gasteiger charge is -2.35. The van der Waals surface area contributed by atoms with Gasteiger partial charge in [-0.25, -0.2) is 0 Å². The van der Waals surface area contributed by atoms with Gasteiger partial charge in [0.15, 0.2) is 0 Å². The summed E-state index contributed by atoms with van der Waals surface area (Å²) < 4.78 is 0. The Kier molecular flexibility index (Phi) is 7.10. The van der Waals surface area contributed by atoms with Crippen molar-refractivity contribution in [1.29, 1.82) is 0 Å². The molecule has 0 aliphatic carbocycles. The van der Waals surface area contributed by atoms with Crippen LogP contribution in [-0.2, 0) is 13.1 Å². The molecule has 146 valence electrons. The lowest BCUT2D eigenvalue weighted by molar-refractivity contribution is 0.108. The Hall–Kier alpha value is -0.940. The summed E-state index contributed by atoms with van der Waals surface area (Å²) in [5.74, 6) is 0. The molecule has 1 aromatic carbocycles. The molecule has 0 amide bonds. The molecule has 26 heavy (non-hydrogen) atoms. The second kappa shape index (κ2) is 9.32. The summed E-state index contributed by atoms with van der Waals surface area (Å²) in [5.41, 5.74) is 5.91. The predicted molar refractivity (Wildman–Crippen MR) is 108 cm³/mol. The van der Waals surface area contributed by atoms with E-state index in [2.05, 4.69) is 47.6 Å². The van der Waals surface area contributed by atoms with Gasteiger partial charge in [0.25, 0.3) is 0 Å². The molecule has 2 saturated heterocycles. The minimum atomic E-state index is 0.273. The number of likely N-dealkylation sites (tertiary alicyclic amines) is 1. The molecule has 0 radical (unpaired) electrons. The summed E-state index contributed by atoms with van der Waals surface area (Å²) in [4.78, 5) is 7.61. The van der Waals surface area contributed by atoms with Gasteiger partial charge in [-0.15, -0.1) is 0 Å². The number of aliphatic hydroxyl groups is 1. The topological polar surface area (TPSA) is 30.0 Å².